The van der Waals surface area contributed by atoms with Gasteiger partial charge in [-0.1, -0.05) is 18.2 Å². The summed E-state index contributed by atoms with van der Waals surface area (Å²) in [5.74, 6) is 0.900. The summed E-state index contributed by atoms with van der Waals surface area (Å²) >= 11 is 0. The lowest BCUT2D eigenvalue weighted by atomic mass is 10.1. The summed E-state index contributed by atoms with van der Waals surface area (Å²) in [4.78, 5) is 11.0. The van der Waals surface area contributed by atoms with Crippen molar-refractivity contribution in [2.24, 2.45) is 4.99 Å². The minimum absolute atomic E-state index is 0.149. The van der Waals surface area contributed by atoms with Crippen molar-refractivity contribution in [3.63, 3.8) is 0 Å². The molecule has 3 rings (SSSR count). The van der Waals surface area contributed by atoms with Crippen molar-refractivity contribution < 1.29 is 8.42 Å². The molecule has 1 aliphatic heterocycles. The molecule has 2 aromatic rings. The van der Waals surface area contributed by atoms with Gasteiger partial charge >= 0.3 is 0 Å². The second kappa shape index (κ2) is 7.72. The molecule has 0 aliphatic carbocycles. The van der Waals surface area contributed by atoms with Gasteiger partial charge in [-0.2, -0.15) is 0 Å². The van der Waals surface area contributed by atoms with Crippen molar-refractivity contribution in [2.45, 2.75) is 32.1 Å². The van der Waals surface area contributed by atoms with Gasteiger partial charge in [0.15, 0.2) is 15.8 Å². The summed E-state index contributed by atoms with van der Waals surface area (Å²) in [5.41, 5.74) is 2.12. The van der Waals surface area contributed by atoms with Gasteiger partial charge in [-0.3, -0.25) is 0 Å². The monoisotopic (exact) mass is 389 g/mol. The molecule has 0 atom stereocenters. The van der Waals surface area contributed by atoms with E-state index in [1.54, 1.807) is 26.4 Å². The highest BCUT2D eigenvalue weighted by molar-refractivity contribution is 7.92. The molecule has 7 nitrogen and oxygen atoms in total. The summed E-state index contributed by atoms with van der Waals surface area (Å²) in [6.07, 6.45) is 5.43. The van der Waals surface area contributed by atoms with Crippen LogP contribution in [0.1, 0.15) is 26.3 Å². The van der Waals surface area contributed by atoms with Crippen molar-refractivity contribution in [1.82, 2.24) is 19.8 Å². The molecule has 0 unspecified atom stereocenters. The van der Waals surface area contributed by atoms with E-state index in [-0.39, 0.29) is 5.75 Å². The van der Waals surface area contributed by atoms with Gasteiger partial charge in [-0.25, -0.2) is 18.4 Å². The first kappa shape index (κ1) is 19.4. The average Bonchev–Trinajstić information content (AvgIpc) is 3.16. The van der Waals surface area contributed by atoms with Crippen molar-refractivity contribution in [3.8, 4) is 5.69 Å². The number of imidazole rings is 1. The Labute approximate surface area is 161 Å². The maximum atomic E-state index is 12.3. The molecule has 1 aromatic carbocycles. The smallest absolute Gasteiger partial charge is 0.194 e. The number of hydrogen-bond acceptors (Lipinski definition) is 4. The molecular weight excluding hydrogens is 362 g/mol. The van der Waals surface area contributed by atoms with Crippen molar-refractivity contribution in [1.29, 1.82) is 0 Å². The first-order valence-corrected chi connectivity index (χ1v) is 10.8. The van der Waals surface area contributed by atoms with Crippen LogP contribution in [0.15, 0.2) is 48.0 Å². The highest BCUT2D eigenvalue weighted by Crippen LogP contribution is 2.24. The fourth-order valence-corrected chi connectivity index (χ4v) is 4.57. The molecule has 1 fully saturated rings. The molecule has 1 N–H and O–H groups in total. The zero-order chi connectivity index (χ0) is 19.5. The Hall–Kier alpha value is -2.35. The van der Waals surface area contributed by atoms with E-state index in [4.69, 9.17) is 4.99 Å². The third kappa shape index (κ3) is 4.16. The van der Waals surface area contributed by atoms with Crippen molar-refractivity contribution in [3.05, 3.63) is 48.5 Å². The Balaban J connectivity index is 1.84. The van der Waals surface area contributed by atoms with Gasteiger partial charge in [-0.05, 0) is 32.4 Å². The topological polar surface area (TPSA) is 79.6 Å². The van der Waals surface area contributed by atoms with E-state index < -0.39 is 14.6 Å². The number of nitrogens with one attached hydrogen (secondary N) is 1. The molecule has 0 bridgehead atoms. The van der Waals surface area contributed by atoms with Crippen LogP contribution in [0.4, 0.5) is 0 Å². The predicted molar refractivity (Wildman–Crippen MR) is 108 cm³/mol. The van der Waals surface area contributed by atoms with E-state index in [0.717, 1.165) is 23.8 Å². The van der Waals surface area contributed by atoms with E-state index in [9.17, 15) is 8.42 Å². The van der Waals surface area contributed by atoms with E-state index in [0.29, 0.717) is 19.6 Å². The van der Waals surface area contributed by atoms with Crippen LogP contribution < -0.4 is 5.32 Å². The molecule has 0 spiro atoms. The molecule has 0 radical (unpaired) electrons. The molecule has 0 saturated carbocycles. The van der Waals surface area contributed by atoms with Crippen LogP contribution in [0.5, 0.6) is 0 Å². The highest BCUT2D eigenvalue weighted by Gasteiger charge is 2.40. The zero-order valence-electron chi connectivity index (χ0n) is 16.1. The van der Waals surface area contributed by atoms with Gasteiger partial charge < -0.3 is 14.8 Å². The number of sulfone groups is 1. The molecule has 27 heavy (non-hydrogen) atoms. The third-order valence-corrected chi connectivity index (χ3v) is 7.38. The lowest BCUT2D eigenvalue weighted by Gasteiger charge is -2.39. The largest absolute Gasteiger partial charge is 0.357 e. The average molecular weight is 390 g/mol. The normalized spacial score (nSPS) is 19.1. The number of para-hydroxylation sites is 1. The van der Waals surface area contributed by atoms with Crippen molar-refractivity contribution >= 4 is 15.8 Å². The summed E-state index contributed by atoms with van der Waals surface area (Å²) in [7, 11) is -3.08. The molecule has 2 heterocycles. The standard InChI is InChI=1S/C19H27N5O2S/c1-4-21-18(23-11-12-27(25,26)19(2,3)14-23)22-13-16-7-5-6-8-17(16)24-10-9-20-15-24/h5-10,15H,4,11-14H2,1-3H3,(H,21,22). The van der Waals surface area contributed by atoms with E-state index >= 15 is 0 Å². The summed E-state index contributed by atoms with van der Waals surface area (Å²) in [5, 5.41) is 3.30. The van der Waals surface area contributed by atoms with Crippen LogP contribution in [-0.4, -0.2) is 59.0 Å². The Bertz CT molecular complexity index is 904. The first-order valence-electron chi connectivity index (χ1n) is 9.16. The Morgan fingerprint density at radius 2 is 2.11 bits per heavy atom. The van der Waals surface area contributed by atoms with E-state index in [1.165, 1.54) is 0 Å². The maximum absolute atomic E-state index is 12.3. The Morgan fingerprint density at radius 1 is 1.33 bits per heavy atom. The molecule has 1 aromatic heterocycles. The van der Waals surface area contributed by atoms with Gasteiger partial charge in [0.05, 0.1) is 29.1 Å². The molecule has 1 aliphatic rings. The van der Waals surface area contributed by atoms with Crippen LogP contribution in [0.3, 0.4) is 0 Å². The second-order valence-corrected chi connectivity index (χ2v) is 10.0. The summed E-state index contributed by atoms with van der Waals surface area (Å²) in [6, 6.07) is 8.07. The van der Waals surface area contributed by atoms with Crippen LogP contribution in [0.25, 0.3) is 5.69 Å². The maximum Gasteiger partial charge on any atom is 0.194 e. The number of guanidine groups is 1. The fourth-order valence-electron chi connectivity index (χ4n) is 3.21. The van der Waals surface area contributed by atoms with E-state index in [2.05, 4.69) is 10.3 Å². The van der Waals surface area contributed by atoms with E-state index in [1.807, 2.05) is 46.9 Å². The predicted octanol–water partition coefficient (Wildman–Crippen LogP) is 1.85. The number of nitrogens with zero attached hydrogens (tertiary/aromatic N) is 4. The molecule has 0 amide bonds. The van der Waals surface area contributed by atoms with Crippen LogP contribution in [0.2, 0.25) is 0 Å². The number of benzene rings is 1. The quantitative estimate of drug-likeness (QED) is 0.638. The lowest BCUT2D eigenvalue weighted by Crippen LogP contribution is -2.57. The minimum atomic E-state index is -3.08. The van der Waals surface area contributed by atoms with Gasteiger partial charge in [0.1, 0.15) is 0 Å². The van der Waals surface area contributed by atoms with Gasteiger partial charge in [-0.15, -0.1) is 0 Å². The van der Waals surface area contributed by atoms with Crippen molar-refractivity contribution in [2.75, 3.05) is 25.4 Å². The van der Waals surface area contributed by atoms with Gasteiger partial charge in [0.25, 0.3) is 0 Å². The molecule has 1 saturated heterocycles. The van der Waals surface area contributed by atoms with Crippen LogP contribution in [-0.2, 0) is 16.4 Å². The number of aromatic nitrogens is 2. The minimum Gasteiger partial charge on any atom is -0.357 e. The second-order valence-electron chi connectivity index (χ2n) is 7.27. The van der Waals surface area contributed by atoms with Gasteiger partial charge in [0, 0.05) is 32.0 Å². The van der Waals surface area contributed by atoms with Gasteiger partial charge in [0.2, 0.25) is 0 Å². The number of hydrogen-bond donors (Lipinski definition) is 1. The Kier molecular flexibility index (Phi) is 5.55. The summed E-state index contributed by atoms with van der Waals surface area (Å²) < 4.78 is 25.8. The molecule has 8 heteroatoms. The van der Waals surface area contributed by atoms with Crippen LogP contribution in [0, 0.1) is 0 Å². The SMILES string of the molecule is CCNC(=NCc1ccccc1-n1ccnc1)N1CCS(=O)(=O)C(C)(C)C1. The highest BCUT2D eigenvalue weighted by atomic mass is 32.2. The fraction of sp³-hybridized carbons (Fsp3) is 0.474. The number of rotatable bonds is 4. The first-order chi connectivity index (χ1) is 12.8. The third-order valence-electron chi connectivity index (χ3n) is 4.85. The zero-order valence-corrected chi connectivity index (χ0v) is 16.9. The number of aliphatic imine (C=N–C) groups is 1. The Morgan fingerprint density at radius 3 is 2.78 bits per heavy atom. The molecule has 146 valence electrons. The van der Waals surface area contributed by atoms with Crippen LogP contribution >= 0.6 is 0 Å². The summed E-state index contributed by atoms with van der Waals surface area (Å²) in [6.45, 7) is 7.71. The molecular formula is C19H27N5O2S. The lowest BCUT2D eigenvalue weighted by molar-refractivity contribution is 0.353.